The average molecular weight is 597 g/mol. The van der Waals surface area contributed by atoms with Gasteiger partial charge in [-0.05, 0) is 56.7 Å². The fourth-order valence-corrected chi connectivity index (χ4v) is 5.05. The van der Waals surface area contributed by atoms with Gasteiger partial charge in [0.1, 0.15) is 30.3 Å². The highest BCUT2D eigenvalue weighted by Gasteiger charge is 2.44. The van der Waals surface area contributed by atoms with E-state index in [4.69, 9.17) is 24.3 Å². The average Bonchev–Trinajstić information content (AvgIpc) is 2.90. The zero-order valence-corrected chi connectivity index (χ0v) is 23.9. The topological polar surface area (TPSA) is 184 Å². The van der Waals surface area contributed by atoms with Crippen molar-refractivity contribution in [3.05, 3.63) is 65.2 Å². The number of aliphatic hydroxyl groups excluding tert-OH is 2. The second-order valence-electron chi connectivity index (χ2n) is 9.47. The predicted octanol–water partition coefficient (Wildman–Crippen LogP) is 2.67. The van der Waals surface area contributed by atoms with E-state index in [0.717, 1.165) is 28.5 Å². The molecule has 0 bridgehead atoms. The Morgan fingerprint density at radius 2 is 1.85 bits per heavy atom. The highest BCUT2D eigenvalue weighted by molar-refractivity contribution is 7.52. The Morgan fingerprint density at radius 1 is 1.17 bits per heavy atom. The van der Waals surface area contributed by atoms with Crippen LogP contribution >= 0.6 is 7.75 Å². The van der Waals surface area contributed by atoms with Crippen LogP contribution in [-0.2, 0) is 23.4 Å². The molecule has 0 aliphatic heterocycles. The lowest BCUT2D eigenvalue weighted by Crippen LogP contribution is -2.47. The van der Waals surface area contributed by atoms with E-state index < -0.39 is 63.0 Å². The summed E-state index contributed by atoms with van der Waals surface area (Å²) in [6, 6.07) is 12.1. The number of aromatic nitrogens is 2. The van der Waals surface area contributed by atoms with E-state index in [-0.39, 0.29) is 11.6 Å². The number of carbonyl (C=O) groups excluding carboxylic acids is 1. The Balaban J connectivity index is 1.89. The van der Waals surface area contributed by atoms with E-state index in [2.05, 4.69) is 10.1 Å². The highest BCUT2D eigenvalue weighted by Crippen LogP contribution is 2.47. The van der Waals surface area contributed by atoms with Gasteiger partial charge in [0.05, 0.1) is 12.7 Å². The van der Waals surface area contributed by atoms with Crippen molar-refractivity contribution in [1.82, 2.24) is 14.6 Å². The number of anilines is 1. The van der Waals surface area contributed by atoms with Gasteiger partial charge in [0.2, 0.25) is 0 Å². The zero-order chi connectivity index (χ0) is 30.4. The van der Waals surface area contributed by atoms with Gasteiger partial charge in [-0.1, -0.05) is 30.3 Å². The molecule has 0 fully saturated rings. The number of hydrogen-bond acceptors (Lipinski definition) is 11. The summed E-state index contributed by atoms with van der Waals surface area (Å²) >= 11 is 0. The van der Waals surface area contributed by atoms with Gasteiger partial charge in [0, 0.05) is 6.20 Å². The number of nitrogens with zero attached hydrogens (tertiary/aromatic N) is 2. The van der Waals surface area contributed by atoms with Crippen molar-refractivity contribution in [1.29, 1.82) is 0 Å². The molecule has 13 nitrogen and oxygen atoms in total. The van der Waals surface area contributed by atoms with Crippen LogP contribution in [0, 0.1) is 0 Å². The number of halogens is 1. The standard InChI is InChI=1S/C26H34FN4O9P/c1-16(2)38-24(34)17(3)30-41(36,40-21-10-9-19-7-5-6-8-20(19)13-21)37-15-26(27,18(4)33)39-23(14-32)31-12-11-22(28)29-25(31)35/h5-13,16-18,23,32-33H,14-15H2,1-4H3,(H,30,36)(H2,28,29,35)/t17-,18-,23+,26+,41?/m0/s1. The molecule has 0 saturated carbocycles. The molecule has 3 rings (SSSR count). The monoisotopic (exact) mass is 596 g/mol. The van der Waals surface area contributed by atoms with Crippen molar-refractivity contribution in [3.63, 3.8) is 0 Å². The first kappa shape index (κ1) is 32.1. The minimum absolute atomic E-state index is 0.0686. The van der Waals surface area contributed by atoms with Crippen LogP contribution in [0.15, 0.2) is 59.5 Å². The minimum Gasteiger partial charge on any atom is -0.462 e. The number of fused-ring (bicyclic) bond motifs is 1. The molecule has 0 aliphatic rings. The maximum Gasteiger partial charge on any atom is 0.459 e. The molecule has 0 saturated heterocycles. The summed E-state index contributed by atoms with van der Waals surface area (Å²) in [5.74, 6) is -3.96. The van der Waals surface area contributed by atoms with Crippen LogP contribution in [0.25, 0.3) is 10.8 Å². The smallest absolute Gasteiger partial charge is 0.459 e. The van der Waals surface area contributed by atoms with Crippen molar-refractivity contribution < 1.29 is 42.5 Å². The Morgan fingerprint density at radius 3 is 2.46 bits per heavy atom. The summed E-state index contributed by atoms with van der Waals surface area (Å²) in [5, 5.41) is 24.1. The Labute approximate surface area is 235 Å². The zero-order valence-electron chi connectivity index (χ0n) is 23.0. The number of ether oxygens (including phenoxy) is 2. The molecule has 15 heteroatoms. The third kappa shape index (κ3) is 8.55. The van der Waals surface area contributed by atoms with Gasteiger partial charge in [-0.3, -0.25) is 13.9 Å². The lowest BCUT2D eigenvalue weighted by molar-refractivity contribution is -0.264. The number of hydrogen-bond donors (Lipinski definition) is 4. The minimum atomic E-state index is -4.59. The van der Waals surface area contributed by atoms with Gasteiger partial charge in [-0.15, -0.1) is 0 Å². The van der Waals surface area contributed by atoms with E-state index in [1.54, 1.807) is 38.1 Å². The van der Waals surface area contributed by atoms with Crippen molar-refractivity contribution in [2.24, 2.45) is 0 Å². The molecular formula is C26H34FN4O9P. The maximum absolute atomic E-state index is 16.0. The molecule has 3 aromatic rings. The van der Waals surface area contributed by atoms with Crippen LogP contribution < -0.4 is 21.0 Å². The molecular weight excluding hydrogens is 562 g/mol. The lowest BCUT2D eigenvalue weighted by atomic mass is 10.1. The number of esters is 1. The normalized spacial score (nSPS) is 16.9. The molecule has 224 valence electrons. The molecule has 2 aromatic carbocycles. The summed E-state index contributed by atoms with van der Waals surface area (Å²) in [6.45, 7) is 3.49. The summed E-state index contributed by atoms with van der Waals surface area (Å²) in [7, 11) is -4.59. The molecule has 5 N–H and O–H groups in total. The van der Waals surface area contributed by atoms with Crippen LogP contribution in [0.4, 0.5) is 10.2 Å². The highest BCUT2D eigenvalue weighted by atomic mass is 31.2. The van der Waals surface area contributed by atoms with Crippen molar-refractivity contribution >= 4 is 30.3 Å². The molecule has 0 amide bonds. The fraction of sp³-hybridized carbons (Fsp3) is 0.423. The molecule has 1 unspecified atom stereocenters. The van der Waals surface area contributed by atoms with E-state index in [1.807, 2.05) is 12.1 Å². The van der Waals surface area contributed by atoms with Gasteiger partial charge < -0.3 is 29.9 Å². The third-order valence-electron chi connectivity index (χ3n) is 5.71. The molecule has 1 aromatic heterocycles. The first-order chi connectivity index (χ1) is 19.2. The number of alkyl halides is 1. The summed E-state index contributed by atoms with van der Waals surface area (Å²) in [4.78, 5) is 28.2. The molecule has 0 radical (unpaired) electrons. The first-order valence-corrected chi connectivity index (χ1v) is 14.2. The van der Waals surface area contributed by atoms with Gasteiger partial charge in [0.25, 0.3) is 5.85 Å². The molecule has 0 aliphatic carbocycles. The number of rotatable bonds is 14. The largest absolute Gasteiger partial charge is 0.462 e. The molecule has 0 spiro atoms. The number of benzene rings is 2. The second kappa shape index (κ2) is 13.5. The van der Waals surface area contributed by atoms with Crippen LogP contribution in [0.2, 0.25) is 0 Å². The van der Waals surface area contributed by atoms with Crippen LogP contribution in [-0.4, -0.2) is 63.1 Å². The van der Waals surface area contributed by atoms with Crippen LogP contribution in [0.5, 0.6) is 5.75 Å². The van der Waals surface area contributed by atoms with Crippen molar-refractivity contribution in [2.75, 3.05) is 18.9 Å². The maximum atomic E-state index is 16.0. The third-order valence-corrected chi connectivity index (χ3v) is 7.33. The Bertz CT molecular complexity index is 1450. The van der Waals surface area contributed by atoms with Crippen LogP contribution in [0.1, 0.15) is 33.9 Å². The number of nitrogens with two attached hydrogens (primary N) is 1. The number of nitrogen functional groups attached to an aromatic ring is 1. The number of nitrogens with one attached hydrogen (secondary N) is 1. The fourth-order valence-electron chi connectivity index (χ4n) is 3.56. The second-order valence-corrected chi connectivity index (χ2v) is 11.2. The Kier molecular flexibility index (Phi) is 10.6. The number of aliphatic hydroxyl groups is 2. The SMILES string of the molecule is CC(C)OC(=O)[C@H](C)NP(=O)(OC[C@@](F)(O[C@H](CO)n1ccc(N)nc1=O)[C@H](C)O)Oc1ccc2ccccc2c1. The van der Waals surface area contributed by atoms with Crippen LogP contribution in [0.3, 0.4) is 0 Å². The van der Waals surface area contributed by atoms with Gasteiger partial charge in [0.15, 0.2) is 6.23 Å². The first-order valence-electron chi connectivity index (χ1n) is 12.7. The van der Waals surface area contributed by atoms with Gasteiger partial charge in [-0.2, -0.15) is 10.1 Å². The molecule has 41 heavy (non-hydrogen) atoms. The number of carbonyl (C=O) groups is 1. The summed E-state index contributed by atoms with van der Waals surface area (Å²) in [6.07, 6.45) is -2.96. The lowest BCUT2D eigenvalue weighted by Gasteiger charge is -2.33. The summed E-state index contributed by atoms with van der Waals surface area (Å²) < 4.78 is 52.1. The molecule has 1 heterocycles. The van der Waals surface area contributed by atoms with E-state index in [0.29, 0.717) is 0 Å². The van der Waals surface area contributed by atoms with E-state index >= 15 is 4.39 Å². The van der Waals surface area contributed by atoms with Gasteiger partial charge >= 0.3 is 19.4 Å². The van der Waals surface area contributed by atoms with E-state index in [1.165, 1.54) is 19.1 Å². The quantitative estimate of drug-likeness (QED) is 0.158. The van der Waals surface area contributed by atoms with Crippen molar-refractivity contribution in [3.8, 4) is 5.75 Å². The summed E-state index contributed by atoms with van der Waals surface area (Å²) in [5.41, 5.74) is 4.52. The molecule has 5 atom stereocenters. The van der Waals surface area contributed by atoms with E-state index in [9.17, 15) is 24.4 Å². The van der Waals surface area contributed by atoms with Gasteiger partial charge in [-0.25, -0.2) is 13.8 Å². The Hall–Kier alpha value is -3.39. The predicted molar refractivity (Wildman–Crippen MR) is 148 cm³/mol. The van der Waals surface area contributed by atoms with Crippen molar-refractivity contribution in [2.45, 2.75) is 58.0 Å².